The number of nitrogens with two attached hydrogens (primary N) is 1. The Labute approximate surface area is 125 Å². The summed E-state index contributed by atoms with van der Waals surface area (Å²) < 4.78 is 50.3. The topological polar surface area (TPSA) is 106 Å². The van der Waals surface area contributed by atoms with E-state index < -0.39 is 19.9 Å². The number of nitrogens with one attached hydrogen (secondary N) is 1. The van der Waals surface area contributed by atoms with Gasteiger partial charge in [0.15, 0.2) is 0 Å². The van der Waals surface area contributed by atoms with E-state index in [1.807, 2.05) is 0 Å². The van der Waals surface area contributed by atoms with Gasteiger partial charge in [-0.3, -0.25) is 0 Å². The first-order chi connectivity index (χ1) is 9.61. The van der Waals surface area contributed by atoms with Gasteiger partial charge in [0.05, 0.1) is 16.4 Å². The summed E-state index contributed by atoms with van der Waals surface area (Å²) in [4.78, 5) is 0.161. The number of nitrogen functional groups attached to an aromatic ring is 1. The normalized spacial score (nSPS) is 19.5. The van der Waals surface area contributed by atoms with Crippen molar-refractivity contribution in [3.05, 3.63) is 23.3 Å². The molecule has 1 aromatic rings. The van der Waals surface area contributed by atoms with E-state index in [4.69, 9.17) is 5.73 Å². The highest BCUT2D eigenvalue weighted by Gasteiger charge is 2.28. The van der Waals surface area contributed by atoms with Crippen LogP contribution in [0.15, 0.2) is 17.0 Å². The lowest BCUT2D eigenvalue weighted by Crippen LogP contribution is -2.41. The number of benzene rings is 1. The molecule has 1 fully saturated rings. The Kier molecular flexibility index (Phi) is 4.32. The lowest BCUT2D eigenvalue weighted by atomic mass is 10.1. The molecule has 3 N–H and O–H groups in total. The standard InChI is InChI=1S/C13H20N2O4S2/c1-9-7-11(14)8-13(10(9)2)21(18,19)15-12-3-5-20(16,17)6-4-12/h7-8,12,15H,3-6,14H2,1-2H3. The number of sulfone groups is 1. The molecule has 0 saturated carbocycles. The Morgan fingerprint density at radius 3 is 2.33 bits per heavy atom. The quantitative estimate of drug-likeness (QED) is 0.794. The first-order valence-electron chi connectivity index (χ1n) is 6.70. The smallest absolute Gasteiger partial charge is 0.241 e. The van der Waals surface area contributed by atoms with Crippen LogP contribution in [0.3, 0.4) is 0 Å². The van der Waals surface area contributed by atoms with Crippen LogP contribution in [0.25, 0.3) is 0 Å². The van der Waals surface area contributed by atoms with Crippen molar-refractivity contribution in [2.75, 3.05) is 17.2 Å². The van der Waals surface area contributed by atoms with E-state index in [-0.39, 0.29) is 22.4 Å². The number of hydrogen-bond acceptors (Lipinski definition) is 5. The summed E-state index contributed by atoms with van der Waals surface area (Å²) in [7, 11) is -6.71. The second-order valence-electron chi connectivity index (χ2n) is 5.51. The van der Waals surface area contributed by atoms with E-state index >= 15 is 0 Å². The van der Waals surface area contributed by atoms with Gasteiger partial charge in [0.2, 0.25) is 10.0 Å². The number of hydrogen-bond donors (Lipinski definition) is 2. The summed E-state index contributed by atoms with van der Waals surface area (Å²) in [5.41, 5.74) is 7.58. The van der Waals surface area contributed by atoms with Gasteiger partial charge in [0, 0.05) is 11.7 Å². The van der Waals surface area contributed by atoms with Gasteiger partial charge in [-0.2, -0.15) is 0 Å². The van der Waals surface area contributed by atoms with Crippen LogP contribution in [0, 0.1) is 13.8 Å². The van der Waals surface area contributed by atoms with Crippen molar-refractivity contribution in [3.8, 4) is 0 Å². The number of rotatable bonds is 3. The van der Waals surface area contributed by atoms with E-state index in [2.05, 4.69) is 4.72 Å². The zero-order valence-corrected chi connectivity index (χ0v) is 13.7. The third-order valence-electron chi connectivity index (χ3n) is 3.81. The van der Waals surface area contributed by atoms with Crippen molar-refractivity contribution in [1.29, 1.82) is 0 Å². The Balaban J connectivity index is 2.24. The zero-order chi connectivity index (χ0) is 15.8. The molecule has 0 atom stereocenters. The van der Waals surface area contributed by atoms with E-state index in [1.165, 1.54) is 6.07 Å². The molecular weight excluding hydrogens is 312 g/mol. The highest BCUT2D eigenvalue weighted by molar-refractivity contribution is 7.91. The van der Waals surface area contributed by atoms with Crippen LogP contribution in [0.5, 0.6) is 0 Å². The lowest BCUT2D eigenvalue weighted by molar-refractivity contribution is 0.505. The van der Waals surface area contributed by atoms with Gasteiger partial charge >= 0.3 is 0 Å². The van der Waals surface area contributed by atoms with Crippen LogP contribution in [0.1, 0.15) is 24.0 Å². The number of anilines is 1. The molecular formula is C13H20N2O4S2. The number of aryl methyl sites for hydroxylation is 1. The van der Waals surface area contributed by atoms with Gasteiger partial charge in [-0.05, 0) is 49.9 Å². The minimum absolute atomic E-state index is 0.0229. The zero-order valence-electron chi connectivity index (χ0n) is 12.1. The molecule has 1 heterocycles. The Morgan fingerprint density at radius 1 is 1.19 bits per heavy atom. The molecule has 0 aromatic heterocycles. The molecule has 0 aliphatic carbocycles. The molecule has 1 aromatic carbocycles. The maximum absolute atomic E-state index is 12.5. The predicted octanol–water partition coefficient (Wildman–Crippen LogP) is 0.741. The van der Waals surface area contributed by atoms with Gasteiger partial charge in [-0.1, -0.05) is 0 Å². The minimum atomic E-state index is -3.70. The van der Waals surface area contributed by atoms with Crippen LogP contribution < -0.4 is 10.5 Å². The fourth-order valence-electron chi connectivity index (χ4n) is 2.42. The summed E-state index contributed by atoms with van der Waals surface area (Å²) >= 11 is 0. The highest BCUT2D eigenvalue weighted by Crippen LogP contribution is 2.23. The van der Waals surface area contributed by atoms with Crippen LogP contribution in [0.2, 0.25) is 0 Å². The van der Waals surface area contributed by atoms with Crippen LogP contribution in [-0.4, -0.2) is 34.4 Å². The third-order valence-corrected chi connectivity index (χ3v) is 7.17. The molecule has 0 bridgehead atoms. The summed E-state index contributed by atoms with van der Waals surface area (Å²) in [6.07, 6.45) is 0.615. The molecule has 0 spiro atoms. The van der Waals surface area contributed by atoms with Crippen LogP contribution >= 0.6 is 0 Å². The summed E-state index contributed by atoms with van der Waals surface area (Å²) in [5, 5.41) is 0. The van der Waals surface area contributed by atoms with Gasteiger partial charge in [0.1, 0.15) is 9.84 Å². The van der Waals surface area contributed by atoms with Crippen molar-refractivity contribution in [1.82, 2.24) is 4.72 Å². The Hall–Kier alpha value is -1.12. The Morgan fingerprint density at radius 2 is 1.76 bits per heavy atom. The van der Waals surface area contributed by atoms with Gasteiger partial charge in [-0.15, -0.1) is 0 Å². The maximum Gasteiger partial charge on any atom is 0.241 e. The second-order valence-corrected chi connectivity index (χ2v) is 9.49. The molecule has 8 heteroatoms. The van der Waals surface area contributed by atoms with Crippen molar-refractivity contribution in [3.63, 3.8) is 0 Å². The van der Waals surface area contributed by atoms with Gasteiger partial charge < -0.3 is 5.73 Å². The highest BCUT2D eigenvalue weighted by atomic mass is 32.2. The van der Waals surface area contributed by atoms with Crippen molar-refractivity contribution < 1.29 is 16.8 Å². The molecule has 1 aliphatic heterocycles. The molecule has 0 amide bonds. The lowest BCUT2D eigenvalue weighted by Gasteiger charge is -2.23. The minimum Gasteiger partial charge on any atom is -0.399 e. The van der Waals surface area contributed by atoms with Crippen LogP contribution in [-0.2, 0) is 19.9 Å². The van der Waals surface area contributed by atoms with Crippen molar-refractivity contribution in [2.24, 2.45) is 0 Å². The third kappa shape index (κ3) is 3.75. The van der Waals surface area contributed by atoms with Crippen LogP contribution in [0.4, 0.5) is 5.69 Å². The van der Waals surface area contributed by atoms with E-state index in [0.717, 1.165) is 5.56 Å². The van der Waals surface area contributed by atoms with E-state index in [0.29, 0.717) is 24.1 Å². The molecule has 6 nitrogen and oxygen atoms in total. The van der Waals surface area contributed by atoms with E-state index in [9.17, 15) is 16.8 Å². The second kappa shape index (κ2) is 5.58. The molecule has 118 valence electrons. The molecule has 0 radical (unpaired) electrons. The molecule has 21 heavy (non-hydrogen) atoms. The fourth-order valence-corrected chi connectivity index (χ4v) is 5.57. The monoisotopic (exact) mass is 332 g/mol. The maximum atomic E-state index is 12.5. The van der Waals surface area contributed by atoms with Crippen molar-refractivity contribution >= 4 is 25.5 Å². The summed E-state index contributed by atoms with van der Waals surface area (Å²) in [5.74, 6) is 0.0459. The molecule has 0 unspecified atom stereocenters. The number of sulfonamides is 1. The summed E-state index contributed by atoms with van der Waals surface area (Å²) in [6, 6.07) is 2.81. The van der Waals surface area contributed by atoms with Gasteiger partial charge in [0.25, 0.3) is 0 Å². The SMILES string of the molecule is Cc1cc(N)cc(S(=O)(=O)NC2CCS(=O)(=O)CC2)c1C. The first kappa shape index (κ1) is 16.3. The van der Waals surface area contributed by atoms with E-state index in [1.54, 1.807) is 19.9 Å². The predicted molar refractivity (Wildman–Crippen MR) is 82.3 cm³/mol. The van der Waals surface area contributed by atoms with Gasteiger partial charge in [-0.25, -0.2) is 21.6 Å². The molecule has 1 aliphatic rings. The molecule has 2 rings (SSSR count). The summed E-state index contributed by atoms with van der Waals surface area (Å²) in [6.45, 7) is 3.53. The Bertz CT molecular complexity index is 741. The average Bonchev–Trinajstić information content (AvgIpc) is 2.36. The first-order valence-corrected chi connectivity index (χ1v) is 10.0. The van der Waals surface area contributed by atoms with Crippen molar-refractivity contribution in [2.45, 2.75) is 37.6 Å². The molecule has 1 saturated heterocycles. The fraction of sp³-hybridized carbons (Fsp3) is 0.538. The largest absolute Gasteiger partial charge is 0.399 e. The average molecular weight is 332 g/mol.